The summed E-state index contributed by atoms with van der Waals surface area (Å²) >= 11 is 0. The molecule has 1 N–H and O–H groups in total. The van der Waals surface area contributed by atoms with Crippen molar-refractivity contribution < 1.29 is 14.6 Å². The molecule has 76 valence electrons. The second-order valence-corrected chi connectivity index (χ2v) is 3.04. The van der Waals surface area contributed by atoms with Crippen LogP contribution >= 0.6 is 0 Å². The van der Waals surface area contributed by atoms with Gasteiger partial charge in [0.1, 0.15) is 5.75 Å². The number of para-hydroxylation sites is 1. The SMILES string of the molecule is CCC(C(=O)OC)c1ccccc1O. The molecule has 0 aliphatic rings. The van der Waals surface area contributed by atoms with Crippen LogP contribution in [-0.4, -0.2) is 18.2 Å². The smallest absolute Gasteiger partial charge is 0.313 e. The summed E-state index contributed by atoms with van der Waals surface area (Å²) < 4.78 is 4.66. The number of hydrogen-bond donors (Lipinski definition) is 1. The van der Waals surface area contributed by atoms with Crippen molar-refractivity contribution in [2.75, 3.05) is 7.11 Å². The van der Waals surface area contributed by atoms with Gasteiger partial charge in [0.25, 0.3) is 0 Å². The number of phenolic OH excluding ortho intramolecular Hbond substituents is 1. The predicted octanol–water partition coefficient (Wildman–Crippen LogP) is 2.06. The molecule has 0 spiro atoms. The van der Waals surface area contributed by atoms with Crippen molar-refractivity contribution in [2.45, 2.75) is 19.3 Å². The lowest BCUT2D eigenvalue weighted by atomic mass is 9.96. The highest BCUT2D eigenvalue weighted by atomic mass is 16.5. The summed E-state index contributed by atoms with van der Waals surface area (Å²) in [5.74, 6) is -0.542. The largest absolute Gasteiger partial charge is 0.508 e. The lowest BCUT2D eigenvalue weighted by Crippen LogP contribution is -2.13. The van der Waals surface area contributed by atoms with E-state index in [0.717, 1.165) is 0 Å². The van der Waals surface area contributed by atoms with Gasteiger partial charge in [0, 0.05) is 5.56 Å². The topological polar surface area (TPSA) is 46.5 Å². The number of aromatic hydroxyl groups is 1. The first-order valence-electron chi connectivity index (χ1n) is 4.56. The summed E-state index contributed by atoms with van der Waals surface area (Å²) in [6.07, 6.45) is 0.615. The molecule has 0 aliphatic heterocycles. The van der Waals surface area contributed by atoms with E-state index >= 15 is 0 Å². The summed E-state index contributed by atoms with van der Waals surface area (Å²) in [7, 11) is 1.35. The Kier molecular flexibility index (Phi) is 3.51. The summed E-state index contributed by atoms with van der Waals surface area (Å²) in [5, 5.41) is 9.55. The number of benzene rings is 1. The second-order valence-electron chi connectivity index (χ2n) is 3.04. The molecule has 1 aromatic rings. The fraction of sp³-hybridized carbons (Fsp3) is 0.364. The molecule has 0 radical (unpaired) electrons. The van der Waals surface area contributed by atoms with Crippen molar-refractivity contribution in [3.63, 3.8) is 0 Å². The molecule has 3 heteroatoms. The molecule has 0 aliphatic carbocycles. The van der Waals surface area contributed by atoms with Crippen molar-refractivity contribution in [3.8, 4) is 5.75 Å². The normalized spacial score (nSPS) is 12.1. The molecule has 0 heterocycles. The maximum Gasteiger partial charge on any atom is 0.313 e. The summed E-state index contributed by atoms with van der Waals surface area (Å²) in [5.41, 5.74) is 0.627. The van der Waals surface area contributed by atoms with Crippen molar-refractivity contribution >= 4 is 5.97 Å². The van der Waals surface area contributed by atoms with Gasteiger partial charge < -0.3 is 9.84 Å². The van der Waals surface area contributed by atoms with E-state index in [4.69, 9.17) is 0 Å². The minimum absolute atomic E-state index is 0.143. The Hall–Kier alpha value is -1.51. The summed E-state index contributed by atoms with van der Waals surface area (Å²) in [6.45, 7) is 1.88. The van der Waals surface area contributed by atoms with Crippen molar-refractivity contribution in [2.24, 2.45) is 0 Å². The quantitative estimate of drug-likeness (QED) is 0.749. The van der Waals surface area contributed by atoms with Crippen LogP contribution in [0.2, 0.25) is 0 Å². The van der Waals surface area contributed by atoms with E-state index in [9.17, 15) is 9.90 Å². The van der Waals surface area contributed by atoms with Gasteiger partial charge in [-0.25, -0.2) is 0 Å². The number of methoxy groups -OCH3 is 1. The molecular weight excluding hydrogens is 180 g/mol. The van der Waals surface area contributed by atoms with Crippen molar-refractivity contribution in [1.29, 1.82) is 0 Å². The molecule has 0 saturated carbocycles. The molecule has 14 heavy (non-hydrogen) atoms. The third-order valence-corrected chi connectivity index (χ3v) is 2.21. The van der Waals surface area contributed by atoms with Gasteiger partial charge in [-0.15, -0.1) is 0 Å². The number of ether oxygens (including phenoxy) is 1. The number of rotatable bonds is 3. The van der Waals surface area contributed by atoms with Crippen LogP contribution in [0.3, 0.4) is 0 Å². The Morgan fingerprint density at radius 1 is 1.50 bits per heavy atom. The van der Waals surface area contributed by atoms with E-state index in [2.05, 4.69) is 4.74 Å². The highest BCUT2D eigenvalue weighted by Gasteiger charge is 2.21. The van der Waals surface area contributed by atoms with E-state index in [1.165, 1.54) is 7.11 Å². The van der Waals surface area contributed by atoms with Crippen LogP contribution in [0.1, 0.15) is 24.8 Å². The van der Waals surface area contributed by atoms with Gasteiger partial charge in [-0.2, -0.15) is 0 Å². The van der Waals surface area contributed by atoms with Gasteiger partial charge in [0.15, 0.2) is 0 Å². The van der Waals surface area contributed by atoms with E-state index in [0.29, 0.717) is 12.0 Å². The highest BCUT2D eigenvalue weighted by Crippen LogP contribution is 2.28. The molecule has 1 aromatic carbocycles. The Balaban J connectivity index is 3.01. The molecule has 0 amide bonds. The minimum atomic E-state index is -0.374. The van der Waals surface area contributed by atoms with Gasteiger partial charge in [0.2, 0.25) is 0 Å². The number of carbonyl (C=O) groups excluding carboxylic acids is 1. The average molecular weight is 194 g/mol. The predicted molar refractivity (Wildman–Crippen MR) is 53.2 cm³/mol. The number of carbonyl (C=O) groups is 1. The van der Waals surface area contributed by atoms with Crippen molar-refractivity contribution in [1.82, 2.24) is 0 Å². The van der Waals surface area contributed by atoms with Crippen LogP contribution in [-0.2, 0) is 9.53 Å². The van der Waals surface area contributed by atoms with E-state index in [-0.39, 0.29) is 17.6 Å². The molecule has 1 rings (SSSR count). The molecular formula is C11H14O3. The first-order valence-corrected chi connectivity index (χ1v) is 4.56. The fourth-order valence-corrected chi connectivity index (χ4v) is 1.44. The van der Waals surface area contributed by atoms with Crippen LogP contribution in [0.5, 0.6) is 5.75 Å². The maximum atomic E-state index is 11.4. The maximum absolute atomic E-state index is 11.4. The monoisotopic (exact) mass is 194 g/mol. The molecule has 0 bridgehead atoms. The molecule has 0 saturated heterocycles. The third kappa shape index (κ3) is 2.05. The Bertz CT molecular complexity index is 320. The van der Waals surface area contributed by atoms with Crippen LogP contribution in [0.25, 0.3) is 0 Å². The third-order valence-electron chi connectivity index (χ3n) is 2.21. The molecule has 0 aromatic heterocycles. The number of esters is 1. The summed E-state index contributed by atoms with van der Waals surface area (Å²) in [4.78, 5) is 11.4. The average Bonchev–Trinajstić information content (AvgIpc) is 2.21. The molecule has 3 nitrogen and oxygen atoms in total. The fourth-order valence-electron chi connectivity index (χ4n) is 1.44. The second kappa shape index (κ2) is 4.65. The van der Waals surface area contributed by atoms with Crippen molar-refractivity contribution in [3.05, 3.63) is 29.8 Å². The number of phenols is 1. The Morgan fingerprint density at radius 2 is 2.14 bits per heavy atom. The van der Waals surface area contributed by atoms with Gasteiger partial charge in [-0.05, 0) is 12.5 Å². The van der Waals surface area contributed by atoms with Crippen LogP contribution in [0, 0.1) is 0 Å². The number of hydrogen-bond acceptors (Lipinski definition) is 3. The minimum Gasteiger partial charge on any atom is -0.508 e. The first kappa shape index (κ1) is 10.6. The zero-order valence-electron chi connectivity index (χ0n) is 8.36. The van der Waals surface area contributed by atoms with E-state index in [1.54, 1.807) is 24.3 Å². The molecule has 0 fully saturated rings. The lowest BCUT2D eigenvalue weighted by molar-refractivity contribution is -0.142. The molecule has 1 atom stereocenters. The van der Waals surface area contributed by atoms with Crippen LogP contribution in [0.4, 0.5) is 0 Å². The van der Waals surface area contributed by atoms with Crippen LogP contribution in [0.15, 0.2) is 24.3 Å². The first-order chi connectivity index (χ1) is 6.70. The van der Waals surface area contributed by atoms with Crippen LogP contribution < -0.4 is 0 Å². The van der Waals surface area contributed by atoms with E-state index in [1.807, 2.05) is 6.92 Å². The zero-order chi connectivity index (χ0) is 10.6. The molecule has 1 unspecified atom stereocenters. The summed E-state index contributed by atoms with van der Waals surface area (Å²) in [6, 6.07) is 6.82. The lowest BCUT2D eigenvalue weighted by Gasteiger charge is -2.13. The van der Waals surface area contributed by atoms with Gasteiger partial charge in [0.05, 0.1) is 13.0 Å². The van der Waals surface area contributed by atoms with Gasteiger partial charge >= 0.3 is 5.97 Å². The Labute approximate surface area is 83.3 Å². The highest BCUT2D eigenvalue weighted by molar-refractivity contribution is 5.78. The van der Waals surface area contributed by atoms with Gasteiger partial charge in [-0.3, -0.25) is 4.79 Å². The Morgan fingerprint density at radius 3 is 2.64 bits per heavy atom. The zero-order valence-corrected chi connectivity index (χ0v) is 8.36. The van der Waals surface area contributed by atoms with Gasteiger partial charge in [-0.1, -0.05) is 25.1 Å². The standard InChI is InChI=1S/C11H14O3/c1-3-8(11(13)14-2)9-6-4-5-7-10(9)12/h4-8,12H,3H2,1-2H3. The van der Waals surface area contributed by atoms with E-state index < -0.39 is 0 Å².